The fraction of sp³-hybridized carbons (Fsp3) is 0.333. The van der Waals surface area contributed by atoms with Crippen molar-refractivity contribution in [2.45, 2.75) is 12.3 Å². The lowest BCUT2D eigenvalue weighted by Gasteiger charge is -2.05. The third-order valence-corrected chi connectivity index (χ3v) is 1.77. The maximum atomic E-state index is 11.4. The molecule has 0 aliphatic heterocycles. The Morgan fingerprint density at radius 1 is 1.71 bits per heavy atom. The van der Waals surface area contributed by atoms with Gasteiger partial charge in [-0.05, 0) is 6.92 Å². The van der Waals surface area contributed by atoms with Crippen LogP contribution in [0.3, 0.4) is 0 Å². The van der Waals surface area contributed by atoms with Crippen molar-refractivity contribution in [2.75, 3.05) is 6.54 Å². The molecule has 0 fully saturated rings. The van der Waals surface area contributed by atoms with Gasteiger partial charge in [-0.2, -0.15) is 0 Å². The van der Waals surface area contributed by atoms with E-state index in [4.69, 9.17) is 11.6 Å². The lowest BCUT2D eigenvalue weighted by Crippen LogP contribution is -2.32. The smallest absolute Gasteiger partial charge is 0.256 e. The first kappa shape index (κ1) is 10.8. The first-order valence-electron chi connectivity index (χ1n) is 4.20. The van der Waals surface area contributed by atoms with E-state index in [9.17, 15) is 9.59 Å². The van der Waals surface area contributed by atoms with Crippen LogP contribution in [-0.4, -0.2) is 22.8 Å². The average Bonchev–Trinajstić information content (AvgIpc) is 2.15. The number of carbonyl (C=O) groups is 1. The number of carbonyl (C=O) groups excluding carboxylic acids is 1. The molecule has 0 saturated carbocycles. The van der Waals surface area contributed by atoms with Gasteiger partial charge in [-0.25, -0.2) is 0 Å². The maximum absolute atomic E-state index is 11.4. The van der Waals surface area contributed by atoms with Gasteiger partial charge in [0.25, 0.3) is 5.91 Å². The zero-order chi connectivity index (χ0) is 10.6. The number of rotatable bonds is 3. The highest BCUT2D eigenvalue weighted by Crippen LogP contribution is 1.92. The normalized spacial score (nSPS) is 12.1. The van der Waals surface area contributed by atoms with Crippen LogP contribution < -0.4 is 10.7 Å². The second-order valence-corrected chi connectivity index (χ2v) is 3.66. The number of halogens is 1. The molecule has 5 heteroatoms. The van der Waals surface area contributed by atoms with E-state index in [1.54, 1.807) is 6.92 Å². The summed E-state index contributed by atoms with van der Waals surface area (Å²) in [6.07, 6.45) is 2.85. The summed E-state index contributed by atoms with van der Waals surface area (Å²) in [5.41, 5.74) is -0.201. The van der Waals surface area contributed by atoms with Crippen molar-refractivity contribution in [1.82, 2.24) is 10.3 Å². The quantitative estimate of drug-likeness (QED) is 0.729. The van der Waals surface area contributed by atoms with Crippen LogP contribution in [0.2, 0.25) is 0 Å². The van der Waals surface area contributed by atoms with Crippen LogP contribution in [-0.2, 0) is 0 Å². The highest BCUT2D eigenvalue weighted by Gasteiger charge is 2.09. The van der Waals surface area contributed by atoms with Gasteiger partial charge in [0.15, 0.2) is 5.43 Å². The lowest BCUT2D eigenvalue weighted by atomic mass is 10.2. The van der Waals surface area contributed by atoms with Crippen molar-refractivity contribution in [3.63, 3.8) is 0 Å². The molecular weight excluding hydrogens is 204 g/mol. The molecule has 0 aromatic carbocycles. The lowest BCUT2D eigenvalue weighted by molar-refractivity contribution is 0.0952. The van der Waals surface area contributed by atoms with E-state index in [-0.39, 0.29) is 16.4 Å². The molecule has 76 valence electrons. The second-order valence-electron chi connectivity index (χ2n) is 2.91. The van der Waals surface area contributed by atoms with E-state index >= 15 is 0 Å². The average molecular weight is 215 g/mol. The number of aromatic nitrogens is 1. The van der Waals surface area contributed by atoms with Crippen molar-refractivity contribution in [3.05, 3.63) is 34.2 Å². The Kier molecular flexibility index (Phi) is 3.71. The number of alkyl halides is 1. The molecule has 1 aromatic rings. The fourth-order valence-electron chi connectivity index (χ4n) is 0.922. The highest BCUT2D eigenvalue weighted by atomic mass is 35.5. The summed E-state index contributed by atoms with van der Waals surface area (Å²) in [5, 5.41) is 2.40. The minimum atomic E-state index is -0.403. The number of nitrogens with one attached hydrogen (secondary N) is 2. The predicted molar refractivity (Wildman–Crippen MR) is 54.7 cm³/mol. The monoisotopic (exact) mass is 214 g/mol. The predicted octanol–water partition coefficient (Wildman–Crippen LogP) is 0.732. The van der Waals surface area contributed by atoms with Crippen LogP contribution in [0.4, 0.5) is 0 Å². The van der Waals surface area contributed by atoms with Gasteiger partial charge in [-0.1, -0.05) is 0 Å². The Morgan fingerprint density at radius 3 is 3.00 bits per heavy atom. The first-order chi connectivity index (χ1) is 6.61. The molecule has 1 rings (SSSR count). The fourth-order valence-corrected chi connectivity index (χ4v) is 0.999. The largest absolute Gasteiger partial charge is 0.367 e. The van der Waals surface area contributed by atoms with Gasteiger partial charge < -0.3 is 10.3 Å². The summed E-state index contributed by atoms with van der Waals surface area (Å²) < 4.78 is 0. The molecular formula is C9H11ClN2O2. The van der Waals surface area contributed by atoms with E-state index in [0.29, 0.717) is 6.54 Å². The Hall–Kier alpha value is -1.29. The van der Waals surface area contributed by atoms with Gasteiger partial charge in [0.05, 0.1) is 0 Å². The zero-order valence-corrected chi connectivity index (χ0v) is 8.47. The number of amides is 1. The van der Waals surface area contributed by atoms with Gasteiger partial charge in [0, 0.05) is 30.4 Å². The molecule has 1 aromatic heterocycles. The SMILES string of the molecule is CC(Cl)CNC(=O)c1c[nH]ccc1=O. The molecule has 0 radical (unpaired) electrons. The Balaban J connectivity index is 2.71. The van der Waals surface area contributed by atoms with E-state index in [1.165, 1.54) is 18.5 Å². The van der Waals surface area contributed by atoms with Crippen LogP contribution in [0.1, 0.15) is 17.3 Å². The van der Waals surface area contributed by atoms with Crippen molar-refractivity contribution < 1.29 is 4.79 Å². The number of aromatic amines is 1. The summed E-state index contributed by atoms with van der Waals surface area (Å²) in [6.45, 7) is 2.10. The third-order valence-electron chi connectivity index (χ3n) is 1.61. The van der Waals surface area contributed by atoms with Crippen LogP contribution in [0.25, 0.3) is 0 Å². The molecule has 0 bridgehead atoms. The van der Waals surface area contributed by atoms with Gasteiger partial charge in [-0.15, -0.1) is 11.6 Å². The molecule has 14 heavy (non-hydrogen) atoms. The van der Waals surface area contributed by atoms with Crippen LogP contribution >= 0.6 is 11.6 Å². The summed E-state index contributed by atoms with van der Waals surface area (Å²) >= 11 is 5.65. The summed E-state index contributed by atoms with van der Waals surface area (Å²) in [6, 6.07) is 1.30. The van der Waals surface area contributed by atoms with Crippen LogP contribution in [0, 0.1) is 0 Å². The molecule has 1 heterocycles. The van der Waals surface area contributed by atoms with Crippen molar-refractivity contribution in [2.24, 2.45) is 0 Å². The first-order valence-corrected chi connectivity index (χ1v) is 4.64. The van der Waals surface area contributed by atoms with E-state index in [1.807, 2.05) is 0 Å². The van der Waals surface area contributed by atoms with Crippen LogP contribution in [0.15, 0.2) is 23.3 Å². The Bertz CT molecular complexity index is 373. The molecule has 1 atom stereocenters. The second kappa shape index (κ2) is 4.81. The standard InChI is InChI=1S/C9H11ClN2O2/c1-6(10)4-12-9(14)7-5-11-3-2-8(7)13/h2-3,5-6H,4H2,1H3,(H,11,13)(H,12,14). The molecule has 0 saturated heterocycles. The molecule has 4 nitrogen and oxygen atoms in total. The van der Waals surface area contributed by atoms with Crippen molar-refractivity contribution in [3.8, 4) is 0 Å². The zero-order valence-electron chi connectivity index (χ0n) is 7.71. The number of hydrogen-bond donors (Lipinski definition) is 2. The number of hydrogen-bond acceptors (Lipinski definition) is 2. The number of pyridine rings is 1. The topological polar surface area (TPSA) is 62.0 Å². The third kappa shape index (κ3) is 2.88. The van der Waals surface area contributed by atoms with Crippen LogP contribution in [0.5, 0.6) is 0 Å². The van der Waals surface area contributed by atoms with E-state index < -0.39 is 5.91 Å². The van der Waals surface area contributed by atoms with E-state index in [2.05, 4.69) is 10.3 Å². The maximum Gasteiger partial charge on any atom is 0.256 e. The van der Waals surface area contributed by atoms with Crippen molar-refractivity contribution in [1.29, 1.82) is 0 Å². The summed E-state index contributed by atoms with van der Waals surface area (Å²) in [4.78, 5) is 25.2. The minimum absolute atomic E-state index is 0.102. The molecule has 0 aliphatic rings. The summed E-state index contributed by atoms with van der Waals surface area (Å²) in [5.74, 6) is -0.403. The molecule has 0 aliphatic carbocycles. The van der Waals surface area contributed by atoms with E-state index in [0.717, 1.165) is 0 Å². The highest BCUT2D eigenvalue weighted by molar-refractivity contribution is 6.20. The molecule has 0 spiro atoms. The van der Waals surface area contributed by atoms with Gasteiger partial charge in [0.1, 0.15) is 5.56 Å². The van der Waals surface area contributed by atoms with Gasteiger partial charge in [0.2, 0.25) is 0 Å². The van der Waals surface area contributed by atoms with Gasteiger partial charge in [-0.3, -0.25) is 9.59 Å². The number of H-pyrrole nitrogens is 1. The summed E-state index contributed by atoms with van der Waals surface area (Å²) in [7, 11) is 0. The molecule has 1 amide bonds. The van der Waals surface area contributed by atoms with Gasteiger partial charge >= 0.3 is 0 Å². The Labute approximate surface area is 86.3 Å². The minimum Gasteiger partial charge on any atom is -0.367 e. The molecule has 2 N–H and O–H groups in total. The van der Waals surface area contributed by atoms with Crippen molar-refractivity contribution >= 4 is 17.5 Å². The Morgan fingerprint density at radius 2 is 2.43 bits per heavy atom. The molecule has 1 unspecified atom stereocenters.